The van der Waals surface area contributed by atoms with Crippen LogP contribution in [0.1, 0.15) is 25.8 Å². The highest BCUT2D eigenvalue weighted by molar-refractivity contribution is 5.68. The van der Waals surface area contributed by atoms with E-state index in [1.54, 1.807) is 6.92 Å². The Labute approximate surface area is 117 Å². The average molecular weight is 281 g/mol. The molecule has 1 amide bonds. The van der Waals surface area contributed by atoms with Crippen molar-refractivity contribution in [2.45, 2.75) is 39.2 Å². The second-order valence-electron chi connectivity index (χ2n) is 4.22. The minimum absolute atomic E-state index is 0.132. The Kier molecular flexibility index (Phi) is 6.52. The summed E-state index contributed by atoms with van der Waals surface area (Å²) in [6.45, 7) is 3.06. The molecular formula is C14H19NO5. The van der Waals surface area contributed by atoms with Crippen molar-refractivity contribution in [1.29, 1.82) is 0 Å². The Morgan fingerprint density at radius 3 is 2.50 bits per heavy atom. The van der Waals surface area contributed by atoms with Gasteiger partial charge in [-0.25, -0.2) is 4.79 Å². The fourth-order valence-electron chi connectivity index (χ4n) is 1.54. The lowest BCUT2D eigenvalue weighted by Crippen LogP contribution is -2.44. The zero-order chi connectivity index (χ0) is 15.0. The number of esters is 1. The molecule has 1 aromatic rings. The second-order valence-corrected chi connectivity index (χ2v) is 4.22. The van der Waals surface area contributed by atoms with Crippen molar-refractivity contribution in [2.75, 3.05) is 0 Å². The number of amides is 1. The summed E-state index contributed by atoms with van der Waals surface area (Å²) in [5, 5.41) is 12.1. The summed E-state index contributed by atoms with van der Waals surface area (Å²) >= 11 is 0. The predicted molar refractivity (Wildman–Crippen MR) is 71.6 cm³/mol. The molecule has 0 saturated heterocycles. The summed E-state index contributed by atoms with van der Waals surface area (Å²) in [7, 11) is 0. The molecular weight excluding hydrogens is 262 g/mol. The van der Waals surface area contributed by atoms with Crippen molar-refractivity contribution in [3.63, 3.8) is 0 Å². The summed E-state index contributed by atoms with van der Waals surface area (Å²) in [4.78, 5) is 22.3. The fourth-order valence-corrected chi connectivity index (χ4v) is 1.54. The highest BCUT2D eigenvalue weighted by Gasteiger charge is 2.22. The Hall–Kier alpha value is -2.08. The summed E-state index contributed by atoms with van der Waals surface area (Å²) < 4.78 is 9.63. The van der Waals surface area contributed by atoms with Crippen LogP contribution < -0.4 is 5.32 Å². The zero-order valence-corrected chi connectivity index (χ0v) is 11.5. The van der Waals surface area contributed by atoms with Crippen LogP contribution in [-0.2, 0) is 20.9 Å². The molecule has 0 aromatic heterocycles. The number of nitrogens with one attached hydrogen (secondary N) is 1. The van der Waals surface area contributed by atoms with Gasteiger partial charge in [0.05, 0.1) is 6.04 Å². The first-order valence-corrected chi connectivity index (χ1v) is 6.35. The molecule has 0 saturated carbocycles. The van der Waals surface area contributed by atoms with E-state index in [-0.39, 0.29) is 6.61 Å². The Balaban J connectivity index is 2.41. The Morgan fingerprint density at radius 2 is 1.95 bits per heavy atom. The molecule has 6 heteroatoms. The van der Waals surface area contributed by atoms with E-state index in [0.717, 1.165) is 5.56 Å². The number of aliphatic hydroxyl groups is 1. The van der Waals surface area contributed by atoms with E-state index in [4.69, 9.17) is 4.74 Å². The number of hydrogen-bond acceptors (Lipinski definition) is 5. The molecule has 0 bridgehead atoms. The van der Waals surface area contributed by atoms with Crippen LogP contribution >= 0.6 is 0 Å². The Bertz CT molecular complexity index is 434. The van der Waals surface area contributed by atoms with Gasteiger partial charge in [-0.05, 0) is 12.0 Å². The fraction of sp³-hybridized carbons (Fsp3) is 0.429. The van der Waals surface area contributed by atoms with Crippen LogP contribution in [0, 0.1) is 0 Å². The van der Waals surface area contributed by atoms with E-state index in [1.807, 2.05) is 30.3 Å². The van der Waals surface area contributed by atoms with Crippen LogP contribution in [0.2, 0.25) is 0 Å². The van der Waals surface area contributed by atoms with E-state index in [9.17, 15) is 14.7 Å². The first-order chi connectivity index (χ1) is 9.52. The number of carbonyl (C=O) groups excluding carboxylic acids is 2. The van der Waals surface area contributed by atoms with Gasteiger partial charge in [0.15, 0.2) is 0 Å². The molecule has 110 valence electrons. The van der Waals surface area contributed by atoms with Crippen molar-refractivity contribution < 1.29 is 24.2 Å². The second kappa shape index (κ2) is 8.16. The van der Waals surface area contributed by atoms with Gasteiger partial charge in [0.1, 0.15) is 6.61 Å². The van der Waals surface area contributed by atoms with Crippen LogP contribution in [0.15, 0.2) is 30.3 Å². The maximum absolute atomic E-state index is 11.6. The molecule has 1 aromatic carbocycles. The van der Waals surface area contributed by atoms with Crippen molar-refractivity contribution >= 4 is 12.1 Å². The molecule has 0 fully saturated rings. The highest BCUT2D eigenvalue weighted by atomic mass is 16.6. The minimum atomic E-state index is -1.39. The predicted octanol–water partition coefficient (Wildman–Crippen LogP) is 1.57. The normalized spacial score (nSPS) is 13.2. The third kappa shape index (κ3) is 5.71. The van der Waals surface area contributed by atoms with Crippen LogP contribution in [0.3, 0.4) is 0 Å². The van der Waals surface area contributed by atoms with E-state index in [1.165, 1.54) is 6.92 Å². The quantitative estimate of drug-likeness (QED) is 0.610. The standard InChI is InChI=1S/C14H19NO5/c1-3-12(13(17)20-10(2)16)15-14(18)19-9-11-7-5-4-6-8-11/h4-8,12-13,17H,3,9H2,1-2H3,(H,15,18). The average Bonchev–Trinajstić information content (AvgIpc) is 2.42. The number of benzene rings is 1. The van der Waals surface area contributed by atoms with Crippen LogP contribution in [0.5, 0.6) is 0 Å². The van der Waals surface area contributed by atoms with Crippen LogP contribution in [0.4, 0.5) is 4.79 Å². The van der Waals surface area contributed by atoms with Gasteiger partial charge in [0, 0.05) is 6.92 Å². The molecule has 0 aliphatic heterocycles. The number of rotatable bonds is 6. The minimum Gasteiger partial charge on any atom is -0.445 e. The monoisotopic (exact) mass is 281 g/mol. The smallest absolute Gasteiger partial charge is 0.407 e. The molecule has 0 radical (unpaired) electrons. The topological polar surface area (TPSA) is 84.9 Å². The number of alkyl carbamates (subject to hydrolysis) is 1. The number of ether oxygens (including phenoxy) is 2. The summed E-state index contributed by atoms with van der Waals surface area (Å²) in [6.07, 6.45) is -1.66. The molecule has 2 atom stereocenters. The van der Waals surface area contributed by atoms with Crippen molar-refractivity contribution in [2.24, 2.45) is 0 Å². The van der Waals surface area contributed by atoms with Gasteiger partial charge in [0.2, 0.25) is 6.29 Å². The van der Waals surface area contributed by atoms with E-state index >= 15 is 0 Å². The number of hydrogen-bond donors (Lipinski definition) is 2. The SMILES string of the molecule is CCC(NC(=O)OCc1ccccc1)C(O)OC(C)=O. The molecule has 1 rings (SSSR count). The third-order valence-electron chi connectivity index (χ3n) is 2.59. The summed E-state index contributed by atoms with van der Waals surface area (Å²) in [5.74, 6) is -0.615. The van der Waals surface area contributed by atoms with E-state index in [2.05, 4.69) is 10.1 Å². The maximum Gasteiger partial charge on any atom is 0.407 e. The lowest BCUT2D eigenvalue weighted by molar-refractivity contribution is -0.169. The van der Waals surface area contributed by atoms with Crippen molar-refractivity contribution in [1.82, 2.24) is 5.32 Å². The molecule has 2 unspecified atom stereocenters. The molecule has 20 heavy (non-hydrogen) atoms. The Morgan fingerprint density at radius 1 is 1.30 bits per heavy atom. The van der Waals surface area contributed by atoms with Gasteiger partial charge in [0.25, 0.3) is 0 Å². The molecule has 0 aliphatic carbocycles. The van der Waals surface area contributed by atoms with E-state index < -0.39 is 24.4 Å². The van der Waals surface area contributed by atoms with Gasteiger partial charge in [-0.3, -0.25) is 4.79 Å². The molecule has 6 nitrogen and oxygen atoms in total. The molecule has 2 N–H and O–H groups in total. The van der Waals surface area contributed by atoms with Gasteiger partial charge in [-0.2, -0.15) is 0 Å². The van der Waals surface area contributed by atoms with Gasteiger partial charge >= 0.3 is 12.1 Å². The van der Waals surface area contributed by atoms with Gasteiger partial charge in [-0.15, -0.1) is 0 Å². The third-order valence-corrected chi connectivity index (χ3v) is 2.59. The molecule has 0 aliphatic rings. The van der Waals surface area contributed by atoms with Gasteiger partial charge in [-0.1, -0.05) is 37.3 Å². The highest BCUT2D eigenvalue weighted by Crippen LogP contribution is 2.04. The van der Waals surface area contributed by atoms with Gasteiger partial charge < -0.3 is 19.9 Å². The molecule has 0 spiro atoms. The largest absolute Gasteiger partial charge is 0.445 e. The van der Waals surface area contributed by atoms with E-state index in [0.29, 0.717) is 6.42 Å². The lowest BCUT2D eigenvalue weighted by Gasteiger charge is -2.21. The summed E-state index contributed by atoms with van der Waals surface area (Å²) in [6, 6.07) is 8.51. The number of carbonyl (C=O) groups is 2. The summed E-state index contributed by atoms with van der Waals surface area (Å²) in [5.41, 5.74) is 0.858. The van der Waals surface area contributed by atoms with Crippen LogP contribution in [0.25, 0.3) is 0 Å². The van der Waals surface area contributed by atoms with Crippen molar-refractivity contribution in [3.8, 4) is 0 Å². The van der Waals surface area contributed by atoms with Crippen molar-refractivity contribution in [3.05, 3.63) is 35.9 Å². The zero-order valence-electron chi connectivity index (χ0n) is 11.5. The van der Waals surface area contributed by atoms with Crippen LogP contribution in [-0.4, -0.2) is 29.5 Å². The molecule has 0 heterocycles. The maximum atomic E-state index is 11.6. The first kappa shape index (κ1) is 16.0. The lowest BCUT2D eigenvalue weighted by atomic mass is 10.2. The first-order valence-electron chi connectivity index (χ1n) is 6.35. The number of aliphatic hydroxyl groups excluding tert-OH is 1.